The van der Waals surface area contributed by atoms with Gasteiger partial charge in [0, 0.05) is 16.9 Å². The summed E-state index contributed by atoms with van der Waals surface area (Å²) in [4.78, 5) is 2.43. The molecule has 0 fully saturated rings. The third-order valence-electron chi connectivity index (χ3n) is 13.1. The molecule has 0 heterocycles. The van der Waals surface area contributed by atoms with Crippen molar-refractivity contribution in [3.63, 3.8) is 0 Å². The van der Waals surface area contributed by atoms with Crippen molar-refractivity contribution in [3.05, 3.63) is 261 Å². The summed E-state index contributed by atoms with van der Waals surface area (Å²) in [5.41, 5.74) is 15.2. The molecule has 0 amide bonds. The maximum atomic E-state index is 2.43. The van der Waals surface area contributed by atoms with Gasteiger partial charge in [0.15, 0.2) is 0 Å². The van der Waals surface area contributed by atoms with Crippen molar-refractivity contribution < 1.29 is 0 Å². The number of hydrogen-bond acceptors (Lipinski definition) is 1. The van der Waals surface area contributed by atoms with Gasteiger partial charge >= 0.3 is 0 Å². The molecule has 304 valence electrons. The van der Waals surface area contributed by atoms with Crippen LogP contribution in [0.4, 0.5) is 17.1 Å². The first-order chi connectivity index (χ1) is 32.3. The predicted octanol–water partition coefficient (Wildman–Crippen LogP) is 18.1. The standard InChI is InChI=1S/C64H43N/c1-4-17-44(18-5-1)50-36-42-62(61(43-50)46-21-8-3-9-22-46)65(52-39-33-49(34-40-52)63-53-24-11-10-23-47(53)35-41-55(63)45-19-6-2-7-20-45)51-37-31-48(32-38-51)54-29-16-30-60-58-26-13-12-25-56(58)57-27-14-15-28-59(57)64(54)60/h1-43H. The molecular formula is C64H43N. The first-order valence-electron chi connectivity index (χ1n) is 22.4. The molecule has 0 aliphatic carbocycles. The Kier molecular flexibility index (Phi) is 9.58. The quantitative estimate of drug-likeness (QED) is 0.138. The van der Waals surface area contributed by atoms with Crippen molar-refractivity contribution in [2.24, 2.45) is 0 Å². The van der Waals surface area contributed by atoms with E-state index in [-0.39, 0.29) is 0 Å². The third-order valence-corrected chi connectivity index (χ3v) is 13.1. The molecule has 0 saturated carbocycles. The van der Waals surface area contributed by atoms with Gasteiger partial charge in [-0.3, -0.25) is 0 Å². The maximum absolute atomic E-state index is 2.43. The smallest absolute Gasteiger partial charge is 0.0540 e. The summed E-state index contributed by atoms with van der Waals surface area (Å²) in [6.45, 7) is 0. The second kappa shape index (κ2) is 16.3. The van der Waals surface area contributed by atoms with Crippen LogP contribution >= 0.6 is 0 Å². The highest BCUT2D eigenvalue weighted by Crippen LogP contribution is 2.46. The van der Waals surface area contributed by atoms with Gasteiger partial charge in [-0.1, -0.05) is 224 Å². The lowest BCUT2D eigenvalue weighted by molar-refractivity contribution is 1.28. The van der Waals surface area contributed by atoms with Gasteiger partial charge in [-0.15, -0.1) is 0 Å². The number of fused-ring (bicyclic) bond motifs is 7. The lowest BCUT2D eigenvalue weighted by Gasteiger charge is -2.29. The minimum atomic E-state index is 1.08. The van der Waals surface area contributed by atoms with E-state index in [0.29, 0.717) is 0 Å². The molecular weight excluding hydrogens is 783 g/mol. The zero-order valence-corrected chi connectivity index (χ0v) is 35.8. The van der Waals surface area contributed by atoms with Gasteiger partial charge in [-0.25, -0.2) is 0 Å². The van der Waals surface area contributed by atoms with Crippen LogP contribution in [0.3, 0.4) is 0 Å². The van der Waals surface area contributed by atoms with Crippen molar-refractivity contribution in [2.75, 3.05) is 4.90 Å². The number of rotatable bonds is 8. The minimum absolute atomic E-state index is 1.08. The largest absolute Gasteiger partial charge is 0.310 e. The third kappa shape index (κ3) is 6.82. The fourth-order valence-electron chi connectivity index (χ4n) is 10.0. The molecule has 0 aliphatic heterocycles. The molecule has 12 aromatic carbocycles. The van der Waals surface area contributed by atoms with E-state index in [9.17, 15) is 0 Å². The molecule has 0 radical (unpaired) electrons. The fraction of sp³-hybridized carbons (Fsp3) is 0. The second-order valence-corrected chi connectivity index (χ2v) is 16.8. The Morgan fingerprint density at radius 2 is 0.677 bits per heavy atom. The van der Waals surface area contributed by atoms with Crippen LogP contribution in [0.15, 0.2) is 261 Å². The van der Waals surface area contributed by atoms with E-state index >= 15 is 0 Å². The summed E-state index contributed by atoms with van der Waals surface area (Å²) in [6, 6.07) is 95.2. The van der Waals surface area contributed by atoms with Crippen molar-refractivity contribution in [1.82, 2.24) is 0 Å². The molecule has 0 aliphatic rings. The lowest BCUT2D eigenvalue weighted by atomic mass is 9.89. The van der Waals surface area contributed by atoms with E-state index < -0.39 is 0 Å². The molecule has 1 heteroatoms. The molecule has 0 aromatic heterocycles. The Hall–Kier alpha value is -8.52. The topological polar surface area (TPSA) is 3.24 Å². The Balaban J connectivity index is 1.04. The highest BCUT2D eigenvalue weighted by Gasteiger charge is 2.21. The molecule has 0 N–H and O–H groups in total. The maximum Gasteiger partial charge on any atom is 0.0540 e. The Bertz CT molecular complexity index is 3620. The Labute approximate surface area is 379 Å². The molecule has 0 unspecified atom stereocenters. The Morgan fingerprint density at radius 1 is 0.231 bits per heavy atom. The average Bonchev–Trinajstić information content (AvgIpc) is 3.39. The van der Waals surface area contributed by atoms with E-state index in [4.69, 9.17) is 0 Å². The van der Waals surface area contributed by atoms with Crippen LogP contribution in [0.2, 0.25) is 0 Å². The van der Waals surface area contributed by atoms with Crippen LogP contribution in [-0.2, 0) is 0 Å². The zero-order valence-electron chi connectivity index (χ0n) is 35.8. The number of anilines is 3. The number of hydrogen-bond donors (Lipinski definition) is 0. The fourth-order valence-corrected chi connectivity index (χ4v) is 10.0. The molecule has 0 spiro atoms. The normalized spacial score (nSPS) is 11.4. The molecule has 12 rings (SSSR count). The lowest BCUT2D eigenvalue weighted by Crippen LogP contribution is -2.11. The first kappa shape index (κ1) is 38.2. The molecule has 65 heavy (non-hydrogen) atoms. The van der Waals surface area contributed by atoms with Crippen LogP contribution in [0.25, 0.3) is 98.7 Å². The summed E-state index contributed by atoms with van der Waals surface area (Å²) in [6.07, 6.45) is 0. The van der Waals surface area contributed by atoms with E-state index in [1.54, 1.807) is 0 Å². The van der Waals surface area contributed by atoms with Gasteiger partial charge in [0.2, 0.25) is 0 Å². The van der Waals surface area contributed by atoms with Gasteiger partial charge in [0.05, 0.1) is 5.69 Å². The van der Waals surface area contributed by atoms with Gasteiger partial charge < -0.3 is 4.90 Å². The molecule has 1 nitrogen and oxygen atoms in total. The van der Waals surface area contributed by atoms with Crippen molar-refractivity contribution in [1.29, 1.82) is 0 Å². The van der Waals surface area contributed by atoms with Gasteiger partial charge in [-0.05, 0) is 130 Å². The van der Waals surface area contributed by atoms with Gasteiger partial charge in [-0.2, -0.15) is 0 Å². The minimum Gasteiger partial charge on any atom is -0.310 e. The average molecular weight is 826 g/mol. The van der Waals surface area contributed by atoms with Crippen LogP contribution in [-0.4, -0.2) is 0 Å². The van der Waals surface area contributed by atoms with Gasteiger partial charge in [0.1, 0.15) is 0 Å². The predicted molar refractivity (Wildman–Crippen MR) is 278 cm³/mol. The molecule has 12 aromatic rings. The first-order valence-corrected chi connectivity index (χ1v) is 22.4. The summed E-state index contributed by atoms with van der Waals surface area (Å²) in [5.74, 6) is 0. The molecule has 0 saturated heterocycles. The van der Waals surface area contributed by atoms with E-state index in [0.717, 1.165) is 28.2 Å². The summed E-state index contributed by atoms with van der Waals surface area (Å²) < 4.78 is 0. The van der Waals surface area contributed by atoms with Crippen molar-refractivity contribution in [2.45, 2.75) is 0 Å². The zero-order chi connectivity index (χ0) is 43.1. The second-order valence-electron chi connectivity index (χ2n) is 16.8. The summed E-state index contributed by atoms with van der Waals surface area (Å²) in [7, 11) is 0. The highest BCUT2D eigenvalue weighted by atomic mass is 15.1. The summed E-state index contributed by atoms with van der Waals surface area (Å²) in [5, 5.41) is 10.1. The van der Waals surface area contributed by atoms with Crippen LogP contribution in [0, 0.1) is 0 Å². The van der Waals surface area contributed by atoms with Crippen molar-refractivity contribution >= 4 is 60.2 Å². The number of nitrogens with zero attached hydrogens (tertiary/aromatic N) is 1. The van der Waals surface area contributed by atoms with Crippen LogP contribution in [0.5, 0.6) is 0 Å². The Morgan fingerprint density at radius 3 is 1.29 bits per heavy atom. The molecule has 0 bridgehead atoms. The van der Waals surface area contributed by atoms with E-state index in [1.165, 1.54) is 87.6 Å². The SMILES string of the molecule is c1ccc(-c2ccc(N(c3ccc(-c4c(-c5ccccc5)ccc5ccccc45)cc3)c3ccc(-c4cccc5c6ccccc6c6ccccc6c45)cc3)c(-c3ccccc3)c2)cc1. The van der Waals surface area contributed by atoms with E-state index in [2.05, 4.69) is 266 Å². The van der Waals surface area contributed by atoms with Crippen LogP contribution in [0.1, 0.15) is 0 Å². The van der Waals surface area contributed by atoms with E-state index in [1.807, 2.05) is 0 Å². The number of benzene rings is 12. The van der Waals surface area contributed by atoms with Crippen molar-refractivity contribution in [3.8, 4) is 55.6 Å². The van der Waals surface area contributed by atoms with Gasteiger partial charge in [0.25, 0.3) is 0 Å². The highest BCUT2D eigenvalue weighted by molar-refractivity contribution is 6.28. The van der Waals surface area contributed by atoms with Crippen LogP contribution < -0.4 is 4.90 Å². The monoisotopic (exact) mass is 825 g/mol. The molecule has 0 atom stereocenters. The summed E-state index contributed by atoms with van der Waals surface area (Å²) >= 11 is 0.